The number of hydrogen-bond donors (Lipinski definition) is 1. The van der Waals surface area contributed by atoms with Gasteiger partial charge in [0, 0.05) is 28.3 Å². The fourth-order valence-electron chi connectivity index (χ4n) is 2.02. The lowest BCUT2D eigenvalue weighted by Crippen LogP contribution is -2.03. The molecule has 0 saturated carbocycles. The Hall–Kier alpha value is -1.82. The predicted octanol–water partition coefficient (Wildman–Crippen LogP) is 3.58. The van der Waals surface area contributed by atoms with Crippen LogP contribution < -0.4 is 14.8 Å². The van der Waals surface area contributed by atoms with Crippen LogP contribution in [-0.2, 0) is 0 Å². The Balaban J connectivity index is 2.64. The van der Waals surface area contributed by atoms with E-state index in [0.717, 1.165) is 27.1 Å². The van der Waals surface area contributed by atoms with Gasteiger partial charge in [-0.15, -0.1) is 0 Å². The molecule has 0 spiro atoms. The molecule has 1 aromatic carbocycles. The standard InChI is InChI=1S/C15H18BrN3O2/c1-8-9(2)18-15(19-14(8)17-3)10-6-12(20-4)13(21-5)7-11(10)16/h6-7H,1-5H3,(H,17,18,19). The summed E-state index contributed by atoms with van der Waals surface area (Å²) in [5.74, 6) is 2.75. The molecule has 0 aliphatic heterocycles. The van der Waals surface area contributed by atoms with Crippen molar-refractivity contribution in [1.29, 1.82) is 0 Å². The summed E-state index contributed by atoms with van der Waals surface area (Å²) in [7, 11) is 5.06. The van der Waals surface area contributed by atoms with E-state index < -0.39 is 0 Å². The van der Waals surface area contributed by atoms with E-state index in [-0.39, 0.29) is 0 Å². The van der Waals surface area contributed by atoms with E-state index in [1.165, 1.54) is 0 Å². The lowest BCUT2D eigenvalue weighted by Gasteiger charge is -2.13. The minimum atomic E-state index is 0.635. The molecule has 0 fully saturated rings. The van der Waals surface area contributed by atoms with Crippen LogP contribution in [0.25, 0.3) is 11.4 Å². The van der Waals surface area contributed by atoms with Crippen LogP contribution in [0.5, 0.6) is 11.5 Å². The van der Waals surface area contributed by atoms with Crippen LogP contribution in [0.2, 0.25) is 0 Å². The van der Waals surface area contributed by atoms with Crippen molar-refractivity contribution in [2.75, 3.05) is 26.6 Å². The first-order valence-electron chi connectivity index (χ1n) is 6.46. The van der Waals surface area contributed by atoms with Crippen LogP contribution in [-0.4, -0.2) is 31.2 Å². The van der Waals surface area contributed by atoms with Crippen molar-refractivity contribution in [1.82, 2.24) is 9.97 Å². The summed E-state index contributed by atoms with van der Waals surface area (Å²) in [6.45, 7) is 3.96. The number of ether oxygens (including phenoxy) is 2. The molecule has 0 aliphatic rings. The minimum absolute atomic E-state index is 0.635. The molecular weight excluding hydrogens is 334 g/mol. The second kappa shape index (κ2) is 6.30. The maximum Gasteiger partial charge on any atom is 0.163 e. The summed E-state index contributed by atoms with van der Waals surface area (Å²) in [6.07, 6.45) is 0. The van der Waals surface area contributed by atoms with Crippen molar-refractivity contribution in [3.63, 3.8) is 0 Å². The quantitative estimate of drug-likeness (QED) is 0.912. The highest BCUT2D eigenvalue weighted by molar-refractivity contribution is 9.10. The van der Waals surface area contributed by atoms with Gasteiger partial charge in [-0.25, -0.2) is 9.97 Å². The fourth-order valence-corrected chi connectivity index (χ4v) is 2.52. The molecule has 0 amide bonds. The van der Waals surface area contributed by atoms with Crippen LogP contribution >= 0.6 is 15.9 Å². The number of hydrogen-bond acceptors (Lipinski definition) is 5. The van der Waals surface area contributed by atoms with Crippen LogP contribution in [0.15, 0.2) is 16.6 Å². The van der Waals surface area contributed by atoms with E-state index in [4.69, 9.17) is 9.47 Å². The number of aryl methyl sites for hydroxylation is 1. The van der Waals surface area contributed by atoms with E-state index in [0.29, 0.717) is 17.3 Å². The van der Waals surface area contributed by atoms with Gasteiger partial charge in [0.05, 0.1) is 14.2 Å². The van der Waals surface area contributed by atoms with Gasteiger partial charge in [-0.1, -0.05) is 0 Å². The molecule has 0 radical (unpaired) electrons. The highest BCUT2D eigenvalue weighted by Gasteiger charge is 2.15. The number of aromatic nitrogens is 2. The maximum absolute atomic E-state index is 5.35. The SMILES string of the molecule is CNc1nc(-c2cc(OC)c(OC)cc2Br)nc(C)c1C. The van der Waals surface area contributed by atoms with Crippen molar-refractivity contribution >= 4 is 21.7 Å². The summed E-state index contributed by atoms with van der Waals surface area (Å²) < 4.78 is 11.5. The lowest BCUT2D eigenvalue weighted by atomic mass is 10.1. The normalized spacial score (nSPS) is 10.4. The van der Waals surface area contributed by atoms with Crippen molar-refractivity contribution in [2.45, 2.75) is 13.8 Å². The molecule has 0 atom stereocenters. The van der Waals surface area contributed by atoms with E-state index in [1.807, 2.05) is 33.0 Å². The molecule has 6 heteroatoms. The second-order valence-corrected chi connectivity index (χ2v) is 5.40. The number of methoxy groups -OCH3 is 2. The number of benzene rings is 1. The monoisotopic (exact) mass is 351 g/mol. The van der Waals surface area contributed by atoms with Crippen LogP contribution in [0, 0.1) is 13.8 Å². The first kappa shape index (κ1) is 15.6. The van der Waals surface area contributed by atoms with E-state index in [1.54, 1.807) is 14.2 Å². The minimum Gasteiger partial charge on any atom is -0.493 e. The van der Waals surface area contributed by atoms with Gasteiger partial charge in [-0.05, 0) is 41.9 Å². The Kier molecular flexibility index (Phi) is 4.67. The summed E-state index contributed by atoms with van der Waals surface area (Å²) >= 11 is 3.54. The zero-order valence-electron chi connectivity index (χ0n) is 12.7. The van der Waals surface area contributed by atoms with Crippen molar-refractivity contribution in [2.24, 2.45) is 0 Å². The van der Waals surface area contributed by atoms with Crippen LogP contribution in [0.4, 0.5) is 5.82 Å². The fraction of sp³-hybridized carbons (Fsp3) is 0.333. The average molecular weight is 352 g/mol. The first-order chi connectivity index (χ1) is 10.0. The molecule has 1 N–H and O–H groups in total. The van der Waals surface area contributed by atoms with Crippen LogP contribution in [0.1, 0.15) is 11.3 Å². The summed E-state index contributed by atoms with van der Waals surface area (Å²) in [4.78, 5) is 9.13. The number of anilines is 1. The number of halogens is 1. The molecule has 5 nitrogen and oxygen atoms in total. The molecule has 0 unspecified atom stereocenters. The molecule has 2 rings (SSSR count). The van der Waals surface area contributed by atoms with Crippen LogP contribution in [0.3, 0.4) is 0 Å². The van der Waals surface area contributed by atoms with Gasteiger partial charge in [-0.3, -0.25) is 0 Å². The van der Waals surface area contributed by atoms with Gasteiger partial charge in [-0.2, -0.15) is 0 Å². The van der Waals surface area contributed by atoms with E-state index in [2.05, 4.69) is 31.2 Å². The number of nitrogens with one attached hydrogen (secondary N) is 1. The molecule has 2 aromatic rings. The molecule has 1 aromatic heterocycles. The predicted molar refractivity (Wildman–Crippen MR) is 87.3 cm³/mol. The zero-order valence-corrected chi connectivity index (χ0v) is 14.3. The van der Waals surface area contributed by atoms with Gasteiger partial charge in [0.1, 0.15) is 5.82 Å². The third kappa shape index (κ3) is 2.95. The topological polar surface area (TPSA) is 56.3 Å². The Labute approximate surface area is 132 Å². The smallest absolute Gasteiger partial charge is 0.163 e. The van der Waals surface area contributed by atoms with E-state index >= 15 is 0 Å². The molecule has 0 saturated heterocycles. The Morgan fingerprint density at radius 2 is 1.67 bits per heavy atom. The Morgan fingerprint density at radius 1 is 1.05 bits per heavy atom. The third-order valence-electron chi connectivity index (χ3n) is 3.34. The second-order valence-electron chi connectivity index (χ2n) is 4.54. The van der Waals surface area contributed by atoms with Crippen molar-refractivity contribution < 1.29 is 9.47 Å². The summed E-state index contributed by atoms with van der Waals surface area (Å²) in [5.41, 5.74) is 2.83. The Morgan fingerprint density at radius 3 is 2.24 bits per heavy atom. The highest BCUT2D eigenvalue weighted by Crippen LogP contribution is 2.37. The summed E-state index contributed by atoms with van der Waals surface area (Å²) in [6, 6.07) is 3.72. The maximum atomic E-state index is 5.35. The van der Waals surface area contributed by atoms with Crippen molar-refractivity contribution in [3.05, 3.63) is 27.9 Å². The largest absolute Gasteiger partial charge is 0.493 e. The molecule has 21 heavy (non-hydrogen) atoms. The molecule has 112 valence electrons. The number of nitrogens with zero attached hydrogens (tertiary/aromatic N) is 2. The third-order valence-corrected chi connectivity index (χ3v) is 4.00. The summed E-state index contributed by atoms with van der Waals surface area (Å²) in [5, 5.41) is 3.09. The van der Waals surface area contributed by atoms with Gasteiger partial charge in [0.15, 0.2) is 17.3 Å². The first-order valence-corrected chi connectivity index (χ1v) is 7.26. The zero-order chi connectivity index (χ0) is 15.6. The molecular formula is C15H18BrN3O2. The van der Waals surface area contributed by atoms with Gasteiger partial charge in [0.25, 0.3) is 0 Å². The highest BCUT2D eigenvalue weighted by atomic mass is 79.9. The lowest BCUT2D eigenvalue weighted by molar-refractivity contribution is 0.355. The van der Waals surface area contributed by atoms with Gasteiger partial charge in [0.2, 0.25) is 0 Å². The van der Waals surface area contributed by atoms with E-state index in [9.17, 15) is 0 Å². The van der Waals surface area contributed by atoms with Gasteiger partial charge < -0.3 is 14.8 Å². The van der Waals surface area contributed by atoms with Crippen molar-refractivity contribution in [3.8, 4) is 22.9 Å². The Bertz CT molecular complexity index is 674. The molecule has 0 aliphatic carbocycles. The molecule has 0 bridgehead atoms. The van der Waals surface area contributed by atoms with Gasteiger partial charge >= 0.3 is 0 Å². The average Bonchev–Trinajstić information content (AvgIpc) is 2.49. The number of rotatable bonds is 4. The molecule has 1 heterocycles.